The van der Waals surface area contributed by atoms with Crippen LogP contribution in [0.3, 0.4) is 0 Å². The quantitative estimate of drug-likeness (QED) is 0.591. The average Bonchev–Trinajstić information content (AvgIpc) is 3.35. The van der Waals surface area contributed by atoms with Gasteiger partial charge in [0.15, 0.2) is 0 Å². The predicted octanol–water partition coefficient (Wildman–Crippen LogP) is 5.17. The normalized spacial score (nSPS) is 19.8. The number of benzene rings is 2. The highest BCUT2D eigenvalue weighted by Gasteiger charge is 2.30. The molecule has 3 aromatic rings. The molecule has 31 heavy (non-hydrogen) atoms. The van der Waals surface area contributed by atoms with E-state index >= 15 is 0 Å². The monoisotopic (exact) mass is 414 g/mol. The van der Waals surface area contributed by atoms with E-state index in [0.717, 1.165) is 57.3 Å². The van der Waals surface area contributed by atoms with E-state index in [9.17, 15) is 4.79 Å². The number of rotatable bonds is 4. The molecule has 0 radical (unpaired) electrons. The van der Waals surface area contributed by atoms with Crippen molar-refractivity contribution in [1.82, 2.24) is 9.88 Å². The van der Waals surface area contributed by atoms with Crippen LogP contribution in [-0.4, -0.2) is 41.6 Å². The summed E-state index contributed by atoms with van der Waals surface area (Å²) < 4.78 is 5.57. The van der Waals surface area contributed by atoms with Gasteiger partial charge in [-0.15, -0.1) is 0 Å². The highest BCUT2D eigenvalue weighted by atomic mass is 16.5. The lowest BCUT2D eigenvalue weighted by atomic mass is 9.89. The molecule has 4 nitrogen and oxygen atoms in total. The summed E-state index contributed by atoms with van der Waals surface area (Å²) >= 11 is 0. The van der Waals surface area contributed by atoms with E-state index in [-0.39, 0.29) is 12.0 Å². The van der Waals surface area contributed by atoms with E-state index in [4.69, 9.17) is 4.74 Å². The van der Waals surface area contributed by atoms with Gasteiger partial charge in [0.1, 0.15) is 6.10 Å². The number of aromatic nitrogens is 1. The zero-order valence-corrected chi connectivity index (χ0v) is 18.2. The van der Waals surface area contributed by atoms with Crippen molar-refractivity contribution in [1.29, 1.82) is 0 Å². The summed E-state index contributed by atoms with van der Waals surface area (Å²) in [6, 6.07) is 17.3. The number of fused-ring (bicyclic) bond motifs is 1. The maximum atomic E-state index is 12.5. The van der Waals surface area contributed by atoms with E-state index in [1.807, 2.05) is 17.2 Å². The van der Waals surface area contributed by atoms with Crippen LogP contribution in [0.1, 0.15) is 36.8 Å². The largest absolute Gasteiger partial charge is 0.368 e. The lowest BCUT2D eigenvalue weighted by Gasteiger charge is -2.33. The van der Waals surface area contributed by atoms with E-state index in [2.05, 4.69) is 54.4 Å². The van der Waals surface area contributed by atoms with Gasteiger partial charge in [-0.2, -0.15) is 0 Å². The van der Waals surface area contributed by atoms with Gasteiger partial charge in [-0.3, -0.25) is 9.78 Å². The molecule has 0 unspecified atom stereocenters. The second kappa shape index (κ2) is 8.80. The van der Waals surface area contributed by atoms with Crippen molar-refractivity contribution < 1.29 is 9.53 Å². The second-order valence-electron chi connectivity index (χ2n) is 8.99. The van der Waals surface area contributed by atoms with Crippen molar-refractivity contribution in [2.45, 2.75) is 45.1 Å². The number of hydrogen-bond acceptors (Lipinski definition) is 3. The summed E-state index contributed by atoms with van der Waals surface area (Å²) in [7, 11) is 0. The van der Waals surface area contributed by atoms with Crippen molar-refractivity contribution in [3.63, 3.8) is 0 Å². The Labute approximate surface area is 184 Å². The Morgan fingerprint density at radius 1 is 1.06 bits per heavy atom. The Hall–Kier alpha value is -2.72. The van der Waals surface area contributed by atoms with Crippen LogP contribution in [0.15, 0.2) is 54.7 Å². The molecule has 2 saturated heterocycles. The van der Waals surface area contributed by atoms with Crippen molar-refractivity contribution >= 4 is 16.8 Å². The first kappa shape index (κ1) is 20.2. The summed E-state index contributed by atoms with van der Waals surface area (Å²) in [6.07, 6.45) is 6.94. The minimum atomic E-state index is -0.183. The Morgan fingerprint density at radius 2 is 1.84 bits per heavy atom. The molecule has 0 bridgehead atoms. The lowest BCUT2D eigenvalue weighted by Crippen LogP contribution is -2.44. The summed E-state index contributed by atoms with van der Waals surface area (Å²) in [5, 5.41) is 1.22. The van der Waals surface area contributed by atoms with Crippen molar-refractivity contribution in [3.8, 4) is 11.1 Å². The van der Waals surface area contributed by atoms with E-state index in [0.29, 0.717) is 5.92 Å². The summed E-state index contributed by atoms with van der Waals surface area (Å²) in [4.78, 5) is 19.2. The van der Waals surface area contributed by atoms with Gasteiger partial charge in [-0.05, 0) is 67.7 Å². The van der Waals surface area contributed by atoms with Gasteiger partial charge in [0.05, 0.1) is 5.52 Å². The van der Waals surface area contributed by atoms with E-state index in [1.54, 1.807) is 0 Å². The van der Waals surface area contributed by atoms with Crippen LogP contribution in [0.5, 0.6) is 0 Å². The molecule has 2 aliphatic heterocycles. The molecule has 2 aromatic carbocycles. The number of ether oxygens (including phenoxy) is 1. The highest BCUT2D eigenvalue weighted by molar-refractivity contribution is 5.88. The molecule has 2 aliphatic rings. The van der Waals surface area contributed by atoms with Gasteiger partial charge in [0.2, 0.25) is 0 Å². The number of amides is 1. The van der Waals surface area contributed by atoms with Crippen molar-refractivity contribution in [3.05, 3.63) is 65.9 Å². The standard InChI is InChI=1S/C27H30N2O2/c1-19-23-5-2-3-6-25(23)28-18-24(19)22-10-8-20(9-11-22)17-21-12-14-29(15-13-21)27(30)26-7-4-16-31-26/h2-3,5-6,8-11,18,21,26H,4,7,12-17H2,1H3/t26-/m1/s1. The summed E-state index contributed by atoms with van der Waals surface area (Å²) in [5.41, 5.74) is 6.12. The van der Waals surface area contributed by atoms with Gasteiger partial charge in [-0.25, -0.2) is 0 Å². The maximum absolute atomic E-state index is 12.5. The smallest absolute Gasteiger partial charge is 0.251 e. The second-order valence-corrected chi connectivity index (χ2v) is 8.99. The Kier molecular flexibility index (Phi) is 5.73. The first-order chi connectivity index (χ1) is 15.2. The third-order valence-electron chi connectivity index (χ3n) is 6.97. The van der Waals surface area contributed by atoms with Crippen LogP contribution < -0.4 is 0 Å². The molecule has 2 fully saturated rings. The van der Waals surface area contributed by atoms with Gasteiger partial charge < -0.3 is 9.64 Å². The number of carbonyl (C=O) groups excluding carboxylic acids is 1. The van der Waals surface area contributed by atoms with Crippen LogP contribution in [0.4, 0.5) is 0 Å². The van der Waals surface area contributed by atoms with Crippen LogP contribution in [0.2, 0.25) is 0 Å². The fourth-order valence-electron chi connectivity index (χ4n) is 5.06. The molecule has 0 aliphatic carbocycles. The molecule has 0 N–H and O–H groups in total. The first-order valence-corrected chi connectivity index (χ1v) is 11.5. The number of piperidine rings is 1. The fraction of sp³-hybridized carbons (Fsp3) is 0.407. The van der Waals surface area contributed by atoms with Gasteiger partial charge in [0, 0.05) is 36.8 Å². The SMILES string of the molecule is Cc1c(-c2ccc(CC3CCN(C(=O)[C@H]4CCCO4)CC3)cc2)cnc2ccccc12. The van der Waals surface area contributed by atoms with Crippen LogP contribution >= 0.6 is 0 Å². The molecular weight excluding hydrogens is 384 g/mol. The third-order valence-corrected chi connectivity index (χ3v) is 6.97. The minimum Gasteiger partial charge on any atom is -0.368 e. The summed E-state index contributed by atoms with van der Waals surface area (Å²) in [5.74, 6) is 0.850. The highest BCUT2D eigenvalue weighted by Crippen LogP contribution is 2.29. The van der Waals surface area contributed by atoms with Gasteiger partial charge >= 0.3 is 0 Å². The molecule has 5 rings (SSSR count). The average molecular weight is 415 g/mol. The first-order valence-electron chi connectivity index (χ1n) is 11.5. The number of carbonyl (C=O) groups is 1. The number of para-hydroxylation sites is 1. The number of nitrogens with zero attached hydrogens (tertiary/aromatic N) is 2. The molecule has 4 heteroatoms. The van der Waals surface area contributed by atoms with E-state index < -0.39 is 0 Å². The number of likely N-dealkylation sites (tertiary alicyclic amines) is 1. The molecule has 0 spiro atoms. The van der Waals surface area contributed by atoms with Crippen LogP contribution in [0, 0.1) is 12.8 Å². The molecular formula is C27H30N2O2. The zero-order valence-electron chi connectivity index (χ0n) is 18.2. The van der Waals surface area contributed by atoms with E-state index in [1.165, 1.54) is 27.6 Å². The Morgan fingerprint density at radius 3 is 2.58 bits per heavy atom. The predicted molar refractivity (Wildman–Crippen MR) is 124 cm³/mol. The molecule has 1 aromatic heterocycles. The van der Waals surface area contributed by atoms with Gasteiger partial charge in [0.25, 0.3) is 5.91 Å². The molecule has 1 atom stereocenters. The minimum absolute atomic E-state index is 0.183. The molecule has 0 saturated carbocycles. The molecule has 1 amide bonds. The van der Waals surface area contributed by atoms with Crippen molar-refractivity contribution in [2.24, 2.45) is 5.92 Å². The lowest BCUT2D eigenvalue weighted by molar-refractivity contribution is -0.142. The molecule has 160 valence electrons. The topological polar surface area (TPSA) is 42.4 Å². The maximum Gasteiger partial charge on any atom is 0.251 e. The van der Waals surface area contributed by atoms with Crippen LogP contribution in [0.25, 0.3) is 22.0 Å². The number of pyridine rings is 1. The number of hydrogen-bond donors (Lipinski definition) is 0. The number of aryl methyl sites for hydroxylation is 1. The third kappa shape index (κ3) is 4.22. The molecule has 3 heterocycles. The fourth-order valence-corrected chi connectivity index (χ4v) is 5.06. The Balaban J connectivity index is 1.21. The zero-order chi connectivity index (χ0) is 21.2. The van der Waals surface area contributed by atoms with Crippen LogP contribution in [-0.2, 0) is 16.0 Å². The van der Waals surface area contributed by atoms with Gasteiger partial charge in [-0.1, -0.05) is 42.5 Å². The summed E-state index contributed by atoms with van der Waals surface area (Å²) in [6.45, 7) is 4.64. The van der Waals surface area contributed by atoms with Crippen molar-refractivity contribution in [2.75, 3.05) is 19.7 Å². The Bertz CT molecular complexity index is 1060.